The van der Waals surface area contributed by atoms with E-state index in [9.17, 15) is 13.6 Å². The fourth-order valence-electron chi connectivity index (χ4n) is 3.15. The van der Waals surface area contributed by atoms with E-state index in [1.807, 2.05) is 6.07 Å². The second-order valence-corrected chi connectivity index (χ2v) is 7.25. The maximum Gasteiger partial charge on any atom is 0.586 e. The number of rotatable bonds is 5. The van der Waals surface area contributed by atoms with Gasteiger partial charge in [0.05, 0.1) is 20.1 Å². The molecule has 4 rings (SSSR count). The number of esters is 1. The van der Waals surface area contributed by atoms with Crippen molar-refractivity contribution in [3.8, 4) is 23.0 Å². The lowest BCUT2D eigenvalue weighted by atomic mass is 9.98. The van der Waals surface area contributed by atoms with Gasteiger partial charge in [-0.15, -0.1) is 8.78 Å². The molecule has 28 heavy (non-hydrogen) atoms. The molecule has 0 fully saturated rings. The Kier molecular flexibility index (Phi) is 4.78. The second-order valence-electron chi connectivity index (χ2n) is 6.34. The molecule has 0 saturated carbocycles. The van der Waals surface area contributed by atoms with Crippen LogP contribution < -0.4 is 18.9 Å². The first kappa shape index (κ1) is 18.8. The van der Waals surface area contributed by atoms with Crippen LogP contribution >= 0.6 is 15.9 Å². The number of carbonyl (C=O) groups excluding carboxylic acids is 1. The van der Waals surface area contributed by atoms with Crippen LogP contribution in [0.25, 0.3) is 0 Å². The van der Waals surface area contributed by atoms with Gasteiger partial charge in [0, 0.05) is 27.6 Å². The molecule has 0 saturated heterocycles. The minimum atomic E-state index is -3.70. The van der Waals surface area contributed by atoms with Crippen LogP contribution in [0.15, 0.2) is 34.8 Å². The Balaban J connectivity index is 1.48. The first-order chi connectivity index (χ1) is 13.3. The van der Waals surface area contributed by atoms with E-state index in [0.29, 0.717) is 28.1 Å². The normalized spacial score (nSPS) is 18.4. The predicted octanol–water partition coefficient (Wildman–Crippen LogP) is 4.39. The number of hydrogen-bond acceptors (Lipinski definition) is 6. The summed E-state index contributed by atoms with van der Waals surface area (Å²) in [6, 6.07) is 8.30. The van der Waals surface area contributed by atoms with Crippen molar-refractivity contribution < 1.29 is 37.3 Å². The molecule has 148 valence electrons. The van der Waals surface area contributed by atoms with Crippen LogP contribution in [-0.2, 0) is 16.1 Å². The zero-order chi connectivity index (χ0) is 19.9. The van der Waals surface area contributed by atoms with E-state index in [0.717, 1.165) is 5.56 Å². The van der Waals surface area contributed by atoms with Crippen LogP contribution in [0, 0.1) is 0 Å². The van der Waals surface area contributed by atoms with Crippen molar-refractivity contribution in [1.29, 1.82) is 0 Å². The van der Waals surface area contributed by atoms with Gasteiger partial charge in [-0.05, 0) is 18.2 Å². The Morgan fingerprint density at radius 3 is 2.86 bits per heavy atom. The molecule has 0 amide bonds. The molecule has 1 atom stereocenters. The predicted molar refractivity (Wildman–Crippen MR) is 96.0 cm³/mol. The van der Waals surface area contributed by atoms with Crippen LogP contribution in [0.2, 0.25) is 0 Å². The van der Waals surface area contributed by atoms with E-state index < -0.39 is 6.29 Å². The Hall–Kier alpha value is -2.55. The molecule has 2 heterocycles. The number of fused-ring (bicyclic) bond motifs is 2. The second kappa shape index (κ2) is 7.12. The average Bonchev–Trinajstić information content (AvgIpc) is 3.18. The first-order valence-electron chi connectivity index (χ1n) is 8.39. The summed E-state index contributed by atoms with van der Waals surface area (Å²) in [4.78, 5) is 11.5. The number of ether oxygens (including phenoxy) is 5. The van der Waals surface area contributed by atoms with E-state index >= 15 is 0 Å². The van der Waals surface area contributed by atoms with Gasteiger partial charge in [0.15, 0.2) is 11.5 Å². The van der Waals surface area contributed by atoms with Gasteiger partial charge in [-0.25, -0.2) is 0 Å². The van der Waals surface area contributed by atoms with Crippen LogP contribution in [0.5, 0.6) is 23.0 Å². The van der Waals surface area contributed by atoms with Crippen LogP contribution in [-0.4, -0.2) is 26.0 Å². The molecular formula is C19H15BrF2O6. The number of alkyl halides is 2. The number of carbonyl (C=O) groups is 1. The van der Waals surface area contributed by atoms with Crippen molar-refractivity contribution >= 4 is 21.9 Å². The summed E-state index contributed by atoms with van der Waals surface area (Å²) in [5, 5.41) is 0. The molecule has 0 aliphatic carbocycles. The summed E-state index contributed by atoms with van der Waals surface area (Å²) in [5.41, 5.74) is 1.31. The monoisotopic (exact) mass is 456 g/mol. The lowest BCUT2D eigenvalue weighted by Crippen LogP contribution is -2.26. The molecule has 2 aliphatic heterocycles. The van der Waals surface area contributed by atoms with Crippen LogP contribution in [0.3, 0.4) is 0 Å². The van der Waals surface area contributed by atoms with Crippen molar-refractivity contribution in [2.45, 2.75) is 25.2 Å². The number of halogens is 3. The van der Waals surface area contributed by atoms with Gasteiger partial charge in [-0.2, -0.15) is 0 Å². The maximum atomic E-state index is 13.4. The lowest BCUT2D eigenvalue weighted by Gasteiger charge is -2.11. The van der Waals surface area contributed by atoms with Gasteiger partial charge >= 0.3 is 12.3 Å². The van der Waals surface area contributed by atoms with Crippen molar-refractivity contribution in [2.75, 3.05) is 13.7 Å². The standard InChI is InChI=1S/C19H15BrF2O6/c1-24-17(23)5-10-8-26-15-7-13(2-3-14(10)15)25-9-11-4-12(20)6-16-18(11)28-19(21,22)27-16/h2-4,6-7,10H,5,8-9H2,1H3. The van der Waals surface area contributed by atoms with Gasteiger partial charge < -0.3 is 23.7 Å². The van der Waals surface area contributed by atoms with Gasteiger partial charge in [0.2, 0.25) is 0 Å². The Labute approximate surface area is 167 Å². The highest BCUT2D eigenvalue weighted by molar-refractivity contribution is 9.10. The molecule has 6 nitrogen and oxygen atoms in total. The number of hydrogen-bond donors (Lipinski definition) is 0. The maximum absolute atomic E-state index is 13.4. The van der Waals surface area contributed by atoms with Crippen LogP contribution in [0.1, 0.15) is 23.5 Å². The molecule has 0 radical (unpaired) electrons. The van der Waals surface area contributed by atoms with Gasteiger partial charge in [0.25, 0.3) is 0 Å². The highest BCUT2D eigenvalue weighted by Crippen LogP contribution is 2.45. The van der Waals surface area contributed by atoms with Crippen molar-refractivity contribution in [3.63, 3.8) is 0 Å². The summed E-state index contributed by atoms with van der Waals surface area (Å²) in [6.45, 7) is 0.374. The smallest absolute Gasteiger partial charge is 0.492 e. The van der Waals surface area contributed by atoms with Crippen molar-refractivity contribution in [1.82, 2.24) is 0 Å². The SMILES string of the molecule is COC(=O)CC1COc2cc(OCc3cc(Br)cc4c3OC(F)(F)O4)ccc21. The fourth-order valence-corrected chi connectivity index (χ4v) is 3.63. The molecule has 2 aromatic rings. The van der Waals surface area contributed by atoms with Gasteiger partial charge in [-0.3, -0.25) is 4.79 Å². The van der Waals surface area contributed by atoms with E-state index in [1.165, 1.54) is 13.2 Å². The largest absolute Gasteiger partial charge is 0.586 e. The highest BCUT2D eigenvalue weighted by atomic mass is 79.9. The molecular weight excluding hydrogens is 442 g/mol. The molecule has 2 aromatic carbocycles. The Morgan fingerprint density at radius 1 is 1.25 bits per heavy atom. The molecule has 9 heteroatoms. The number of benzene rings is 2. The molecule has 0 bridgehead atoms. The summed E-state index contributed by atoms with van der Waals surface area (Å²) in [5.74, 6) is 0.639. The third-order valence-corrected chi connectivity index (χ3v) is 4.90. The van der Waals surface area contributed by atoms with Crippen LogP contribution in [0.4, 0.5) is 8.78 Å². The quantitative estimate of drug-likeness (QED) is 0.621. The summed E-state index contributed by atoms with van der Waals surface area (Å²) in [7, 11) is 1.35. The van der Waals surface area contributed by atoms with Gasteiger partial charge in [-0.1, -0.05) is 22.0 Å². The first-order valence-corrected chi connectivity index (χ1v) is 9.18. The van der Waals surface area contributed by atoms with E-state index in [-0.39, 0.29) is 36.4 Å². The Bertz CT molecular complexity index is 933. The minimum absolute atomic E-state index is 0.00834. The van der Waals surface area contributed by atoms with E-state index in [4.69, 9.17) is 14.2 Å². The summed E-state index contributed by atoms with van der Waals surface area (Å²) < 4.78 is 52.4. The minimum Gasteiger partial charge on any atom is -0.492 e. The molecule has 0 spiro atoms. The fraction of sp³-hybridized carbons (Fsp3) is 0.316. The zero-order valence-electron chi connectivity index (χ0n) is 14.7. The third kappa shape index (κ3) is 3.71. The third-order valence-electron chi connectivity index (χ3n) is 4.45. The summed E-state index contributed by atoms with van der Waals surface area (Å²) in [6.07, 6.45) is -3.46. The zero-order valence-corrected chi connectivity index (χ0v) is 16.3. The van der Waals surface area contributed by atoms with Crippen molar-refractivity contribution in [2.24, 2.45) is 0 Å². The van der Waals surface area contributed by atoms with E-state index in [2.05, 4.69) is 25.4 Å². The topological polar surface area (TPSA) is 63.2 Å². The lowest BCUT2D eigenvalue weighted by molar-refractivity contribution is -0.287. The van der Waals surface area contributed by atoms with E-state index in [1.54, 1.807) is 18.2 Å². The molecule has 0 N–H and O–H groups in total. The molecule has 0 aromatic heterocycles. The van der Waals surface area contributed by atoms with Crippen molar-refractivity contribution in [3.05, 3.63) is 45.9 Å². The summed E-state index contributed by atoms with van der Waals surface area (Å²) >= 11 is 3.26. The Morgan fingerprint density at radius 2 is 2.07 bits per heavy atom. The van der Waals surface area contributed by atoms with Gasteiger partial charge in [0.1, 0.15) is 18.1 Å². The molecule has 2 aliphatic rings. The molecule has 1 unspecified atom stereocenters. The highest BCUT2D eigenvalue weighted by Gasteiger charge is 2.44. The average molecular weight is 457 g/mol. The number of methoxy groups -OCH3 is 1.